The number of nitrogens with one attached hydrogen (secondary N) is 1. The number of benzene rings is 2. The third-order valence-electron chi connectivity index (χ3n) is 3.59. The van der Waals surface area contributed by atoms with Crippen molar-refractivity contribution in [1.29, 1.82) is 0 Å². The van der Waals surface area contributed by atoms with E-state index in [9.17, 15) is 9.59 Å². The van der Waals surface area contributed by atoms with Crippen molar-refractivity contribution in [3.8, 4) is 5.75 Å². The molecule has 1 N–H and O–H groups in total. The molecule has 0 atom stereocenters. The van der Waals surface area contributed by atoms with Crippen LogP contribution in [0.4, 0.5) is 5.69 Å². The van der Waals surface area contributed by atoms with Gasteiger partial charge in [0.2, 0.25) is 5.91 Å². The van der Waals surface area contributed by atoms with Gasteiger partial charge in [0, 0.05) is 35.7 Å². The van der Waals surface area contributed by atoms with Gasteiger partial charge < -0.3 is 15.0 Å². The van der Waals surface area contributed by atoms with Crippen LogP contribution in [-0.4, -0.2) is 31.5 Å². The number of hydrogen-bond donors (Lipinski definition) is 1. The molecule has 0 saturated heterocycles. The van der Waals surface area contributed by atoms with E-state index in [1.54, 1.807) is 18.2 Å². The standard InChI is InChI=1S/C19H20Cl2N2O3/c1-13-3-5-18(6-4-13)26-12-19(25)22-7-8-23(14(2)24)17-10-15(20)9-16(21)11-17/h3-6,9-11H,7-8,12H2,1-2H3,(H,22,25). The van der Waals surface area contributed by atoms with Crippen LogP contribution in [0.2, 0.25) is 10.0 Å². The monoisotopic (exact) mass is 394 g/mol. The summed E-state index contributed by atoms with van der Waals surface area (Å²) in [5, 5.41) is 3.60. The van der Waals surface area contributed by atoms with Gasteiger partial charge in [0.1, 0.15) is 5.75 Å². The van der Waals surface area contributed by atoms with Crippen molar-refractivity contribution in [3.05, 3.63) is 58.1 Å². The van der Waals surface area contributed by atoms with E-state index < -0.39 is 0 Å². The van der Waals surface area contributed by atoms with Crippen molar-refractivity contribution in [1.82, 2.24) is 5.32 Å². The topological polar surface area (TPSA) is 58.6 Å². The molecule has 0 fully saturated rings. The molecule has 26 heavy (non-hydrogen) atoms. The zero-order valence-corrected chi connectivity index (χ0v) is 16.1. The molecule has 5 nitrogen and oxygen atoms in total. The fraction of sp³-hybridized carbons (Fsp3) is 0.263. The third kappa shape index (κ3) is 6.24. The van der Waals surface area contributed by atoms with Crippen LogP contribution in [0.25, 0.3) is 0 Å². The number of aryl methyl sites for hydroxylation is 1. The summed E-state index contributed by atoms with van der Waals surface area (Å²) in [6.07, 6.45) is 0. The summed E-state index contributed by atoms with van der Waals surface area (Å²) >= 11 is 12.0. The Balaban J connectivity index is 1.84. The normalized spacial score (nSPS) is 10.3. The first-order chi connectivity index (χ1) is 12.3. The van der Waals surface area contributed by atoms with Crippen molar-refractivity contribution >= 4 is 40.7 Å². The van der Waals surface area contributed by atoms with Gasteiger partial charge in [-0.3, -0.25) is 9.59 Å². The molecule has 2 rings (SSSR count). The van der Waals surface area contributed by atoms with E-state index in [0.717, 1.165) is 5.56 Å². The molecule has 0 aliphatic carbocycles. The summed E-state index contributed by atoms with van der Waals surface area (Å²) in [4.78, 5) is 25.3. The maximum Gasteiger partial charge on any atom is 0.258 e. The number of nitrogens with zero attached hydrogens (tertiary/aromatic N) is 1. The van der Waals surface area contributed by atoms with Crippen LogP contribution >= 0.6 is 23.2 Å². The van der Waals surface area contributed by atoms with Crippen molar-refractivity contribution < 1.29 is 14.3 Å². The molecule has 0 aromatic heterocycles. The minimum Gasteiger partial charge on any atom is -0.484 e. The molecule has 0 aliphatic heterocycles. The minimum absolute atomic E-state index is 0.0911. The molecule has 0 spiro atoms. The highest BCUT2D eigenvalue weighted by molar-refractivity contribution is 6.35. The predicted molar refractivity (Wildman–Crippen MR) is 104 cm³/mol. The van der Waals surface area contributed by atoms with Crippen LogP contribution in [0.1, 0.15) is 12.5 Å². The van der Waals surface area contributed by atoms with Crippen molar-refractivity contribution in [2.24, 2.45) is 0 Å². The summed E-state index contributed by atoms with van der Waals surface area (Å²) in [7, 11) is 0. The molecule has 0 saturated carbocycles. The quantitative estimate of drug-likeness (QED) is 0.775. The van der Waals surface area contributed by atoms with E-state index in [2.05, 4.69) is 5.32 Å². The summed E-state index contributed by atoms with van der Waals surface area (Å²) in [5.74, 6) is 0.191. The second-order valence-corrected chi connectivity index (χ2v) is 6.62. The van der Waals surface area contributed by atoms with Crippen molar-refractivity contribution in [2.75, 3.05) is 24.6 Å². The molecule has 2 aromatic carbocycles. The first-order valence-electron chi connectivity index (χ1n) is 8.05. The lowest BCUT2D eigenvalue weighted by atomic mass is 10.2. The van der Waals surface area contributed by atoms with Crippen LogP contribution in [0.15, 0.2) is 42.5 Å². The number of carbonyl (C=O) groups excluding carboxylic acids is 2. The molecular formula is C19H20Cl2N2O3. The SMILES string of the molecule is CC(=O)N(CCNC(=O)COc1ccc(C)cc1)c1cc(Cl)cc(Cl)c1. The smallest absolute Gasteiger partial charge is 0.258 e. The maximum absolute atomic E-state index is 11.9. The Morgan fingerprint density at radius 3 is 2.27 bits per heavy atom. The summed E-state index contributed by atoms with van der Waals surface area (Å²) in [6.45, 7) is 3.90. The van der Waals surface area contributed by atoms with E-state index in [-0.39, 0.29) is 25.0 Å². The molecule has 0 heterocycles. The first kappa shape index (κ1) is 20.1. The number of ether oxygens (including phenoxy) is 1. The molecule has 0 unspecified atom stereocenters. The molecule has 0 aliphatic rings. The molecule has 138 valence electrons. The molecule has 0 radical (unpaired) electrons. The first-order valence-corrected chi connectivity index (χ1v) is 8.81. The van der Waals surface area contributed by atoms with Crippen molar-refractivity contribution in [3.63, 3.8) is 0 Å². The van der Waals surface area contributed by atoms with Gasteiger partial charge in [-0.1, -0.05) is 40.9 Å². The Kier molecular flexibility index (Phi) is 7.30. The Hall–Kier alpha value is -2.24. The van der Waals surface area contributed by atoms with Crippen LogP contribution in [0, 0.1) is 6.92 Å². The largest absolute Gasteiger partial charge is 0.484 e. The van der Waals surface area contributed by atoms with E-state index in [0.29, 0.717) is 28.0 Å². The Labute approximate surface area is 162 Å². The lowest BCUT2D eigenvalue weighted by molar-refractivity contribution is -0.123. The van der Waals surface area contributed by atoms with Gasteiger partial charge in [0.25, 0.3) is 5.91 Å². The average Bonchev–Trinajstić information content (AvgIpc) is 2.57. The van der Waals surface area contributed by atoms with E-state index in [4.69, 9.17) is 27.9 Å². The summed E-state index contributed by atoms with van der Waals surface area (Å²) in [5.41, 5.74) is 1.70. The van der Waals surface area contributed by atoms with Crippen LogP contribution in [0.3, 0.4) is 0 Å². The highest BCUT2D eigenvalue weighted by atomic mass is 35.5. The second kappa shape index (κ2) is 9.46. The number of carbonyl (C=O) groups is 2. The minimum atomic E-state index is -0.266. The van der Waals surface area contributed by atoms with Crippen LogP contribution in [-0.2, 0) is 9.59 Å². The Bertz CT molecular complexity index is 759. The molecule has 7 heteroatoms. The molecule has 2 aromatic rings. The summed E-state index contributed by atoms with van der Waals surface area (Å²) < 4.78 is 5.42. The predicted octanol–water partition coefficient (Wildman–Crippen LogP) is 3.85. The van der Waals surface area contributed by atoms with Crippen LogP contribution in [0.5, 0.6) is 5.75 Å². The third-order valence-corrected chi connectivity index (χ3v) is 4.02. The average molecular weight is 395 g/mol. The van der Waals surface area contributed by atoms with E-state index in [1.807, 2.05) is 31.2 Å². The fourth-order valence-electron chi connectivity index (χ4n) is 2.30. The zero-order chi connectivity index (χ0) is 19.1. The summed E-state index contributed by atoms with van der Waals surface area (Å²) in [6, 6.07) is 12.3. The van der Waals surface area contributed by atoms with Gasteiger partial charge in [0.15, 0.2) is 6.61 Å². The van der Waals surface area contributed by atoms with Gasteiger partial charge in [0.05, 0.1) is 0 Å². The molecule has 2 amide bonds. The zero-order valence-electron chi connectivity index (χ0n) is 14.6. The number of halogens is 2. The number of anilines is 1. The van der Waals surface area contributed by atoms with Gasteiger partial charge in [-0.25, -0.2) is 0 Å². The van der Waals surface area contributed by atoms with Gasteiger partial charge in [-0.15, -0.1) is 0 Å². The van der Waals surface area contributed by atoms with Gasteiger partial charge in [-0.2, -0.15) is 0 Å². The Morgan fingerprint density at radius 1 is 1.08 bits per heavy atom. The highest BCUT2D eigenvalue weighted by Gasteiger charge is 2.13. The number of hydrogen-bond acceptors (Lipinski definition) is 3. The number of rotatable bonds is 7. The lowest BCUT2D eigenvalue weighted by Gasteiger charge is -2.22. The highest BCUT2D eigenvalue weighted by Crippen LogP contribution is 2.25. The van der Waals surface area contributed by atoms with Gasteiger partial charge in [-0.05, 0) is 37.3 Å². The fourth-order valence-corrected chi connectivity index (χ4v) is 2.82. The van der Waals surface area contributed by atoms with E-state index >= 15 is 0 Å². The second-order valence-electron chi connectivity index (χ2n) is 5.75. The lowest BCUT2D eigenvalue weighted by Crippen LogP contribution is -2.39. The maximum atomic E-state index is 11.9. The molecule has 0 bridgehead atoms. The molecular weight excluding hydrogens is 375 g/mol. The van der Waals surface area contributed by atoms with Crippen LogP contribution < -0.4 is 15.0 Å². The van der Waals surface area contributed by atoms with Crippen molar-refractivity contribution in [2.45, 2.75) is 13.8 Å². The number of amides is 2. The van der Waals surface area contributed by atoms with Gasteiger partial charge >= 0.3 is 0 Å². The Morgan fingerprint density at radius 2 is 1.69 bits per heavy atom. The van der Waals surface area contributed by atoms with E-state index in [1.165, 1.54) is 11.8 Å².